The highest BCUT2D eigenvalue weighted by Crippen LogP contribution is 2.29. The van der Waals surface area contributed by atoms with Crippen molar-refractivity contribution in [1.29, 1.82) is 0 Å². The minimum Gasteiger partial charge on any atom is -0.325 e. The van der Waals surface area contributed by atoms with Crippen molar-refractivity contribution in [3.05, 3.63) is 59.1 Å². The number of amides is 1. The van der Waals surface area contributed by atoms with Gasteiger partial charge in [-0.3, -0.25) is 4.79 Å². The standard InChI is InChI=1S/C18H19ClN2O3S/c1-13-9-10-15(12-16(13)19)25(23,24)21-11-5-8-17(21)18(22)20-14-6-3-2-4-7-14/h2-4,6-7,9-10,12,17H,5,8,11H2,1H3,(H,20,22). The lowest BCUT2D eigenvalue weighted by atomic mass is 10.2. The molecule has 3 rings (SSSR count). The lowest BCUT2D eigenvalue weighted by Gasteiger charge is -2.23. The highest BCUT2D eigenvalue weighted by Gasteiger charge is 2.39. The van der Waals surface area contributed by atoms with Crippen LogP contribution in [0.3, 0.4) is 0 Å². The quantitative estimate of drug-likeness (QED) is 0.886. The van der Waals surface area contributed by atoms with Gasteiger partial charge in [0.2, 0.25) is 15.9 Å². The van der Waals surface area contributed by atoms with Gasteiger partial charge in [-0.05, 0) is 49.6 Å². The van der Waals surface area contributed by atoms with E-state index in [1.165, 1.54) is 16.4 Å². The molecular formula is C18H19ClN2O3S. The van der Waals surface area contributed by atoms with E-state index in [1.807, 2.05) is 25.1 Å². The molecule has 1 saturated heterocycles. The van der Waals surface area contributed by atoms with Crippen molar-refractivity contribution in [2.24, 2.45) is 0 Å². The minimum absolute atomic E-state index is 0.113. The SMILES string of the molecule is Cc1ccc(S(=O)(=O)N2CCCC2C(=O)Nc2ccccc2)cc1Cl. The number of carbonyl (C=O) groups excluding carboxylic acids is 1. The fourth-order valence-electron chi connectivity index (χ4n) is 2.91. The number of hydrogen-bond acceptors (Lipinski definition) is 3. The maximum atomic E-state index is 13.0. The van der Waals surface area contributed by atoms with Gasteiger partial charge in [0.05, 0.1) is 4.90 Å². The van der Waals surface area contributed by atoms with Gasteiger partial charge in [0, 0.05) is 17.3 Å². The monoisotopic (exact) mass is 378 g/mol. The van der Waals surface area contributed by atoms with Crippen LogP contribution in [-0.2, 0) is 14.8 Å². The molecule has 0 spiro atoms. The Hall–Kier alpha value is -1.89. The summed E-state index contributed by atoms with van der Waals surface area (Å²) >= 11 is 6.07. The number of para-hydroxylation sites is 1. The smallest absolute Gasteiger partial charge is 0.243 e. The lowest BCUT2D eigenvalue weighted by molar-refractivity contribution is -0.119. The molecule has 25 heavy (non-hydrogen) atoms. The van der Waals surface area contributed by atoms with Gasteiger partial charge >= 0.3 is 0 Å². The van der Waals surface area contributed by atoms with E-state index in [0.29, 0.717) is 30.1 Å². The molecule has 1 heterocycles. The van der Waals surface area contributed by atoms with Gasteiger partial charge in [0.1, 0.15) is 6.04 Å². The molecule has 1 aliphatic rings. The summed E-state index contributed by atoms with van der Waals surface area (Å²) in [7, 11) is -3.78. The molecule has 1 unspecified atom stereocenters. The highest BCUT2D eigenvalue weighted by molar-refractivity contribution is 7.89. The van der Waals surface area contributed by atoms with Crippen molar-refractivity contribution in [2.45, 2.75) is 30.7 Å². The number of anilines is 1. The molecular weight excluding hydrogens is 360 g/mol. The van der Waals surface area contributed by atoms with Crippen molar-refractivity contribution in [3.8, 4) is 0 Å². The molecule has 2 aromatic carbocycles. The van der Waals surface area contributed by atoms with Gasteiger partial charge in [-0.15, -0.1) is 0 Å². The normalized spacial score (nSPS) is 18.2. The molecule has 0 saturated carbocycles. The molecule has 1 atom stereocenters. The van der Waals surface area contributed by atoms with Crippen LogP contribution >= 0.6 is 11.6 Å². The number of sulfonamides is 1. The summed E-state index contributed by atoms with van der Waals surface area (Å²) in [6.45, 7) is 2.13. The second-order valence-corrected chi connectivity index (χ2v) is 8.34. The zero-order chi connectivity index (χ0) is 18.0. The van der Waals surface area contributed by atoms with Gasteiger partial charge in [0.25, 0.3) is 0 Å². The van der Waals surface area contributed by atoms with Crippen LogP contribution in [0.4, 0.5) is 5.69 Å². The molecule has 0 aromatic heterocycles. The van der Waals surface area contributed by atoms with Crippen LogP contribution in [0.1, 0.15) is 18.4 Å². The van der Waals surface area contributed by atoms with E-state index in [9.17, 15) is 13.2 Å². The summed E-state index contributed by atoms with van der Waals surface area (Å²) in [6, 6.07) is 12.9. The van der Waals surface area contributed by atoms with Gasteiger partial charge in [0.15, 0.2) is 0 Å². The predicted molar refractivity (Wildman–Crippen MR) is 98.2 cm³/mol. The first-order valence-electron chi connectivity index (χ1n) is 8.03. The van der Waals surface area contributed by atoms with E-state index in [0.717, 1.165) is 5.56 Å². The van der Waals surface area contributed by atoms with E-state index in [2.05, 4.69) is 5.32 Å². The van der Waals surface area contributed by atoms with Crippen LogP contribution in [0.15, 0.2) is 53.4 Å². The summed E-state index contributed by atoms with van der Waals surface area (Å²) in [5.41, 5.74) is 1.45. The Bertz CT molecular complexity index is 884. The maximum Gasteiger partial charge on any atom is 0.243 e. The number of rotatable bonds is 4. The number of halogens is 1. The van der Waals surface area contributed by atoms with E-state index in [4.69, 9.17) is 11.6 Å². The van der Waals surface area contributed by atoms with Crippen molar-refractivity contribution >= 4 is 33.2 Å². The molecule has 1 amide bonds. The van der Waals surface area contributed by atoms with Crippen molar-refractivity contribution in [3.63, 3.8) is 0 Å². The Labute approximate surface area is 152 Å². The lowest BCUT2D eigenvalue weighted by Crippen LogP contribution is -2.43. The van der Waals surface area contributed by atoms with Gasteiger partial charge in [-0.2, -0.15) is 4.31 Å². The number of nitrogens with one attached hydrogen (secondary N) is 1. The summed E-state index contributed by atoms with van der Waals surface area (Å²) in [6.07, 6.45) is 1.14. The van der Waals surface area contributed by atoms with E-state index >= 15 is 0 Å². The first-order valence-corrected chi connectivity index (χ1v) is 9.85. The molecule has 2 aromatic rings. The zero-order valence-corrected chi connectivity index (χ0v) is 15.3. The minimum atomic E-state index is -3.78. The summed E-state index contributed by atoms with van der Waals surface area (Å²) in [4.78, 5) is 12.7. The number of carbonyl (C=O) groups is 1. The Balaban J connectivity index is 1.85. The molecule has 1 fully saturated rings. The summed E-state index contributed by atoms with van der Waals surface area (Å²) in [5.74, 6) is -0.314. The topological polar surface area (TPSA) is 66.5 Å². The summed E-state index contributed by atoms with van der Waals surface area (Å²) < 4.78 is 27.2. The highest BCUT2D eigenvalue weighted by atomic mass is 35.5. The predicted octanol–water partition coefficient (Wildman–Crippen LogP) is 3.44. The largest absolute Gasteiger partial charge is 0.325 e. The van der Waals surface area contributed by atoms with E-state index < -0.39 is 16.1 Å². The van der Waals surface area contributed by atoms with Crippen LogP contribution in [0.2, 0.25) is 5.02 Å². The second kappa shape index (κ2) is 7.15. The number of hydrogen-bond donors (Lipinski definition) is 1. The third-order valence-electron chi connectivity index (χ3n) is 4.30. The Kier molecular flexibility index (Phi) is 5.13. The van der Waals surface area contributed by atoms with Crippen LogP contribution in [-0.4, -0.2) is 31.2 Å². The maximum absolute atomic E-state index is 13.0. The van der Waals surface area contributed by atoms with Crippen molar-refractivity contribution in [1.82, 2.24) is 4.31 Å². The zero-order valence-electron chi connectivity index (χ0n) is 13.8. The molecule has 0 aliphatic carbocycles. The Morgan fingerprint density at radius 1 is 1.20 bits per heavy atom. The Morgan fingerprint density at radius 3 is 2.60 bits per heavy atom. The first kappa shape index (κ1) is 17.9. The average molecular weight is 379 g/mol. The van der Waals surface area contributed by atoms with Crippen molar-refractivity contribution in [2.75, 3.05) is 11.9 Å². The number of nitrogens with zero attached hydrogens (tertiary/aromatic N) is 1. The molecule has 0 radical (unpaired) electrons. The summed E-state index contributed by atoms with van der Waals surface area (Å²) in [5, 5.41) is 3.18. The van der Waals surface area contributed by atoms with E-state index in [1.54, 1.807) is 18.2 Å². The molecule has 1 aliphatic heterocycles. The van der Waals surface area contributed by atoms with Gasteiger partial charge < -0.3 is 5.32 Å². The number of aryl methyl sites for hydroxylation is 1. The Morgan fingerprint density at radius 2 is 1.92 bits per heavy atom. The van der Waals surface area contributed by atoms with Gasteiger partial charge in [-0.25, -0.2) is 8.42 Å². The van der Waals surface area contributed by atoms with Crippen molar-refractivity contribution < 1.29 is 13.2 Å². The van der Waals surface area contributed by atoms with Gasteiger partial charge in [-0.1, -0.05) is 35.9 Å². The third-order valence-corrected chi connectivity index (χ3v) is 6.61. The third kappa shape index (κ3) is 3.71. The molecule has 1 N–H and O–H groups in total. The first-order chi connectivity index (χ1) is 11.9. The fraction of sp³-hybridized carbons (Fsp3) is 0.278. The van der Waals surface area contributed by atoms with Crippen LogP contribution in [0, 0.1) is 6.92 Å². The second-order valence-electron chi connectivity index (χ2n) is 6.04. The van der Waals surface area contributed by atoms with Crippen LogP contribution in [0.25, 0.3) is 0 Å². The average Bonchev–Trinajstić information content (AvgIpc) is 3.09. The molecule has 0 bridgehead atoms. The van der Waals surface area contributed by atoms with Crippen LogP contribution in [0.5, 0.6) is 0 Å². The number of benzene rings is 2. The fourth-order valence-corrected chi connectivity index (χ4v) is 4.83. The molecule has 7 heteroatoms. The van der Waals surface area contributed by atoms with E-state index in [-0.39, 0.29) is 10.8 Å². The molecule has 5 nitrogen and oxygen atoms in total. The van der Waals surface area contributed by atoms with Crippen LogP contribution < -0.4 is 5.32 Å². The molecule has 132 valence electrons.